The van der Waals surface area contributed by atoms with Crippen LogP contribution in [0, 0.1) is 6.92 Å². The molecule has 0 aliphatic rings. The van der Waals surface area contributed by atoms with Gasteiger partial charge in [-0.1, -0.05) is 47.5 Å². The van der Waals surface area contributed by atoms with Crippen molar-refractivity contribution in [2.24, 2.45) is 0 Å². The molecule has 0 saturated carbocycles. The molecule has 5 aromatic rings. The summed E-state index contributed by atoms with van der Waals surface area (Å²) in [7, 11) is 3.05. The smallest absolute Gasteiger partial charge is 0.274 e. The number of carbonyl (C=O) groups is 3. The van der Waals surface area contributed by atoms with E-state index < -0.39 is 17.7 Å². The predicted octanol–water partition coefficient (Wildman–Crippen LogP) is 6.27. The van der Waals surface area contributed by atoms with E-state index in [1.807, 2.05) is 37.3 Å². The fraction of sp³-hybridized carbons (Fsp3) is 0.143. The molecule has 13 heteroatoms. The van der Waals surface area contributed by atoms with Crippen LogP contribution in [0.4, 0.5) is 11.4 Å². The number of aryl methyl sites for hydroxylation is 1. The van der Waals surface area contributed by atoms with Gasteiger partial charge in [-0.2, -0.15) is 0 Å². The molecule has 0 atom stereocenters. The first-order valence-electron chi connectivity index (χ1n) is 14.6. The summed E-state index contributed by atoms with van der Waals surface area (Å²) in [6.07, 6.45) is 5.70. The third-order valence-corrected chi connectivity index (χ3v) is 7.93. The highest BCUT2D eigenvalue weighted by Gasteiger charge is 2.19. The summed E-state index contributed by atoms with van der Waals surface area (Å²) >= 11 is 13.2. The maximum absolute atomic E-state index is 13.0. The lowest BCUT2D eigenvalue weighted by atomic mass is 10.1. The SMILES string of the molecule is COc1ccc(NC(=O)c2ccc(/C=C/C(=O)NCC(=O)N(C)c3ccc(Cl)c(COc4cccc5ccc(C)nc45)c3Cl)cn2)cn1. The number of hydrogen-bond acceptors (Lipinski definition) is 8. The molecule has 0 unspecified atom stereocenters. The Kier molecular flexibility index (Phi) is 10.8. The van der Waals surface area contributed by atoms with Crippen molar-refractivity contribution in [1.82, 2.24) is 20.3 Å². The summed E-state index contributed by atoms with van der Waals surface area (Å²) < 4.78 is 11.1. The molecule has 0 aliphatic carbocycles. The molecular formula is C35H30Cl2N6O5. The molecule has 0 radical (unpaired) electrons. The number of halogens is 2. The van der Waals surface area contributed by atoms with Crippen molar-refractivity contribution >= 4 is 69.3 Å². The van der Waals surface area contributed by atoms with Crippen molar-refractivity contribution in [3.8, 4) is 11.6 Å². The molecule has 0 saturated heterocycles. The van der Waals surface area contributed by atoms with Gasteiger partial charge >= 0.3 is 0 Å². The van der Waals surface area contributed by atoms with E-state index in [1.165, 1.54) is 42.6 Å². The molecule has 0 bridgehead atoms. The Balaban J connectivity index is 1.15. The normalized spacial score (nSPS) is 10.9. The molecule has 3 heterocycles. The number of pyridine rings is 3. The van der Waals surface area contributed by atoms with E-state index in [2.05, 4.69) is 25.6 Å². The number of amides is 3. The van der Waals surface area contributed by atoms with Crippen LogP contribution in [0.25, 0.3) is 17.0 Å². The lowest BCUT2D eigenvalue weighted by molar-refractivity contribution is -0.122. The molecule has 3 amide bonds. The second-order valence-electron chi connectivity index (χ2n) is 10.5. The number of nitrogens with zero attached hydrogens (tertiary/aromatic N) is 4. The molecular weight excluding hydrogens is 655 g/mol. The van der Waals surface area contributed by atoms with Gasteiger partial charge in [0.15, 0.2) is 0 Å². The lowest BCUT2D eigenvalue weighted by Gasteiger charge is -2.21. The highest BCUT2D eigenvalue weighted by Crippen LogP contribution is 2.35. The summed E-state index contributed by atoms with van der Waals surface area (Å²) in [6, 6.07) is 19.3. The van der Waals surface area contributed by atoms with Crippen molar-refractivity contribution in [2.75, 3.05) is 30.9 Å². The number of ether oxygens (including phenoxy) is 2. The lowest BCUT2D eigenvalue weighted by Crippen LogP contribution is -2.37. The van der Waals surface area contributed by atoms with Gasteiger partial charge in [-0.15, -0.1) is 0 Å². The monoisotopic (exact) mass is 684 g/mol. The molecule has 0 spiro atoms. The first kappa shape index (κ1) is 33.8. The minimum atomic E-state index is -0.499. The number of para-hydroxylation sites is 1. The second kappa shape index (κ2) is 15.4. The van der Waals surface area contributed by atoms with Gasteiger partial charge in [0, 0.05) is 47.1 Å². The number of rotatable bonds is 11. The van der Waals surface area contributed by atoms with E-state index in [0.29, 0.717) is 39.2 Å². The highest BCUT2D eigenvalue weighted by molar-refractivity contribution is 6.38. The van der Waals surface area contributed by atoms with Gasteiger partial charge in [0.25, 0.3) is 5.91 Å². The van der Waals surface area contributed by atoms with Crippen molar-refractivity contribution in [1.29, 1.82) is 0 Å². The number of likely N-dealkylation sites (N-methyl/N-ethyl adjacent to an activating group) is 1. The van der Waals surface area contributed by atoms with Crippen molar-refractivity contribution < 1.29 is 23.9 Å². The molecule has 0 fully saturated rings. The Morgan fingerprint density at radius 3 is 2.52 bits per heavy atom. The van der Waals surface area contributed by atoms with Crippen LogP contribution in [-0.4, -0.2) is 53.4 Å². The summed E-state index contributed by atoms with van der Waals surface area (Å²) in [5, 5.41) is 6.82. The molecule has 244 valence electrons. The van der Waals surface area contributed by atoms with Crippen LogP contribution in [0.3, 0.4) is 0 Å². The van der Waals surface area contributed by atoms with Gasteiger partial charge in [0.1, 0.15) is 23.6 Å². The zero-order valence-electron chi connectivity index (χ0n) is 26.2. The molecule has 3 aromatic heterocycles. The second-order valence-corrected chi connectivity index (χ2v) is 11.2. The molecule has 2 aromatic carbocycles. The minimum Gasteiger partial charge on any atom is -0.487 e. The third kappa shape index (κ3) is 8.24. The van der Waals surface area contributed by atoms with Gasteiger partial charge in [-0.3, -0.25) is 19.4 Å². The number of benzene rings is 2. The van der Waals surface area contributed by atoms with E-state index in [0.717, 1.165) is 16.6 Å². The van der Waals surface area contributed by atoms with Gasteiger partial charge in [-0.25, -0.2) is 9.97 Å². The zero-order valence-corrected chi connectivity index (χ0v) is 27.7. The Bertz CT molecular complexity index is 2000. The number of fused-ring (bicyclic) bond motifs is 1. The summed E-state index contributed by atoms with van der Waals surface area (Å²) in [5.74, 6) is -0.328. The quantitative estimate of drug-likeness (QED) is 0.155. The fourth-order valence-corrected chi connectivity index (χ4v) is 5.12. The van der Waals surface area contributed by atoms with E-state index in [4.69, 9.17) is 32.7 Å². The van der Waals surface area contributed by atoms with E-state index >= 15 is 0 Å². The highest BCUT2D eigenvalue weighted by atomic mass is 35.5. The van der Waals surface area contributed by atoms with Crippen LogP contribution in [0.5, 0.6) is 11.6 Å². The number of nitrogens with one attached hydrogen (secondary N) is 2. The maximum atomic E-state index is 13.0. The molecule has 2 N–H and O–H groups in total. The maximum Gasteiger partial charge on any atom is 0.274 e. The Morgan fingerprint density at radius 2 is 1.79 bits per heavy atom. The Hall–Kier alpha value is -5.52. The van der Waals surface area contributed by atoms with Gasteiger partial charge in [0.05, 0.1) is 36.2 Å². The third-order valence-electron chi connectivity index (χ3n) is 7.16. The Morgan fingerprint density at radius 1 is 0.958 bits per heavy atom. The standard InChI is InChI=1S/C35H30Cl2N6O5/c1-21-7-10-23-5-4-6-29(34(23)41-21)48-20-25-26(36)12-14-28(33(25)37)43(2)32(45)19-39-30(44)15-9-22-8-13-27(38-17-22)35(46)42-24-11-16-31(47-3)40-18-24/h4-18H,19-20H2,1-3H3,(H,39,44)(H,42,46)/b15-9+. The average molecular weight is 686 g/mol. The first-order valence-corrected chi connectivity index (χ1v) is 15.3. The van der Waals surface area contributed by atoms with Crippen molar-refractivity contribution in [2.45, 2.75) is 13.5 Å². The van der Waals surface area contributed by atoms with Gasteiger partial charge < -0.3 is 25.0 Å². The van der Waals surface area contributed by atoms with Gasteiger partial charge in [-0.05, 0) is 55.0 Å². The minimum absolute atomic E-state index is 0.0461. The topological polar surface area (TPSA) is 136 Å². The largest absolute Gasteiger partial charge is 0.487 e. The van der Waals surface area contributed by atoms with Crippen molar-refractivity contribution in [3.63, 3.8) is 0 Å². The zero-order chi connectivity index (χ0) is 34.2. The first-order chi connectivity index (χ1) is 23.1. The van der Waals surface area contributed by atoms with Crippen molar-refractivity contribution in [3.05, 3.63) is 118 Å². The van der Waals surface area contributed by atoms with Gasteiger partial charge in [0.2, 0.25) is 17.7 Å². The van der Waals surface area contributed by atoms with E-state index in [1.54, 1.807) is 37.4 Å². The average Bonchev–Trinajstić information content (AvgIpc) is 3.10. The van der Waals surface area contributed by atoms with Crippen LogP contribution < -0.4 is 25.0 Å². The van der Waals surface area contributed by atoms with E-state index in [-0.39, 0.29) is 23.9 Å². The van der Waals surface area contributed by atoms with E-state index in [9.17, 15) is 14.4 Å². The number of hydrogen-bond donors (Lipinski definition) is 2. The Labute approximate surface area is 286 Å². The number of carbonyl (C=O) groups excluding carboxylic acids is 3. The number of anilines is 2. The number of aromatic nitrogens is 3. The predicted molar refractivity (Wildman–Crippen MR) is 186 cm³/mol. The fourth-order valence-electron chi connectivity index (χ4n) is 4.52. The van der Waals surface area contributed by atoms with Crippen LogP contribution in [0.15, 0.2) is 85.2 Å². The summed E-state index contributed by atoms with van der Waals surface area (Å²) in [4.78, 5) is 52.1. The van der Waals surface area contributed by atoms with Crippen LogP contribution in [0.2, 0.25) is 10.0 Å². The molecule has 0 aliphatic heterocycles. The molecule has 11 nitrogen and oxygen atoms in total. The van der Waals surface area contributed by atoms with Crippen LogP contribution >= 0.6 is 23.2 Å². The van der Waals surface area contributed by atoms with Crippen LogP contribution in [0.1, 0.15) is 27.3 Å². The summed E-state index contributed by atoms with van der Waals surface area (Å²) in [6.45, 7) is 1.66. The summed E-state index contributed by atoms with van der Waals surface area (Å²) in [5.41, 5.74) is 3.72. The number of methoxy groups -OCH3 is 1. The molecule has 5 rings (SSSR count). The van der Waals surface area contributed by atoms with Crippen LogP contribution in [-0.2, 0) is 16.2 Å². The molecule has 48 heavy (non-hydrogen) atoms.